The fourth-order valence-corrected chi connectivity index (χ4v) is 2.99. The van der Waals surface area contributed by atoms with Gasteiger partial charge in [-0.3, -0.25) is 14.9 Å². The van der Waals surface area contributed by atoms with Crippen LogP contribution in [0.4, 0.5) is 0 Å². The molecule has 136 valence electrons. The number of hydrogen-bond donors (Lipinski definition) is 3. The molecule has 3 rings (SSSR count). The first kappa shape index (κ1) is 17.9. The molecule has 0 aliphatic carbocycles. The van der Waals surface area contributed by atoms with E-state index in [1.807, 2.05) is 61.5 Å². The summed E-state index contributed by atoms with van der Waals surface area (Å²) in [5, 5.41) is 9.06. The van der Waals surface area contributed by atoms with Crippen molar-refractivity contribution < 1.29 is 14.3 Å². The zero-order valence-corrected chi connectivity index (χ0v) is 14.9. The Labute approximate surface area is 152 Å². The maximum atomic E-state index is 12.6. The number of ether oxygens (including phenoxy) is 1. The second-order valence-electron chi connectivity index (χ2n) is 6.34. The molecule has 0 radical (unpaired) electrons. The van der Waals surface area contributed by atoms with Gasteiger partial charge in [0.05, 0.1) is 25.6 Å². The second-order valence-corrected chi connectivity index (χ2v) is 6.34. The lowest BCUT2D eigenvalue weighted by molar-refractivity contribution is -0.132. The van der Waals surface area contributed by atoms with E-state index in [4.69, 9.17) is 4.74 Å². The van der Waals surface area contributed by atoms with Gasteiger partial charge in [-0.2, -0.15) is 0 Å². The standard InChI is InChI=1S/C20H23N3O3/c1-13(14-8-10-16(26-2)11-9-14)21-20(25)17-12-18(24)23-19(22-17)15-6-4-3-5-7-15/h3-11,13,17,19,22H,12H2,1-2H3,(H,21,25)(H,23,24)/t13-,17?,19?/m1/s1. The van der Waals surface area contributed by atoms with Crippen molar-refractivity contribution >= 4 is 11.8 Å². The number of amides is 2. The highest BCUT2D eigenvalue weighted by molar-refractivity contribution is 5.89. The molecular weight excluding hydrogens is 330 g/mol. The van der Waals surface area contributed by atoms with Crippen molar-refractivity contribution in [3.05, 3.63) is 65.7 Å². The molecule has 26 heavy (non-hydrogen) atoms. The molecule has 1 fully saturated rings. The predicted molar refractivity (Wildman–Crippen MR) is 98.4 cm³/mol. The number of benzene rings is 2. The summed E-state index contributed by atoms with van der Waals surface area (Å²) < 4.78 is 5.15. The molecule has 0 aromatic heterocycles. The monoisotopic (exact) mass is 353 g/mol. The number of hydrogen-bond acceptors (Lipinski definition) is 4. The highest BCUT2D eigenvalue weighted by atomic mass is 16.5. The van der Waals surface area contributed by atoms with E-state index in [9.17, 15) is 9.59 Å². The maximum Gasteiger partial charge on any atom is 0.238 e. The Morgan fingerprint density at radius 3 is 2.50 bits per heavy atom. The predicted octanol–water partition coefficient (Wildman–Crippen LogP) is 2.05. The van der Waals surface area contributed by atoms with Crippen LogP contribution in [-0.2, 0) is 9.59 Å². The van der Waals surface area contributed by atoms with Crippen LogP contribution in [0.2, 0.25) is 0 Å². The summed E-state index contributed by atoms with van der Waals surface area (Å²) in [6.07, 6.45) is -0.255. The summed E-state index contributed by atoms with van der Waals surface area (Å²) in [6.45, 7) is 1.91. The quantitative estimate of drug-likeness (QED) is 0.769. The summed E-state index contributed by atoms with van der Waals surface area (Å²) in [5.74, 6) is 0.433. The number of rotatable bonds is 5. The molecular formula is C20H23N3O3. The first-order valence-corrected chi connectivity index (χ1v) is 8.61. The number of carbonyl (C=O) groups is 2. The first-order chi connectivity index (χ1) is 12.6. The molecule has 0 spiro atoms. The van der Waals surface area contributed by atoms with Crippen molar-refractivity contribution in [3.63, 3.8) is 0 Å². The lowest BCUT2D eigenvalue weighted by Crippen LogP contribution is -2.56. The summed E-state index contributed by atoms with van der Waals surface area (Å²) in [5.41, 5.74) is 1.89. The molecule has 2 aromatic carbocycles. The smallest absolute Gasteiger partial charge is 0.238 e. The van der Waals surface area contributed by atoms with Gasteiger partial charge in [0.25, 0.3) is 0 Å². The van der Waals surface area contributed by atoms with Gasteiger partial charge in [-0.1, -0.05) is 42.5 Å². The summed E-state index contributed by atoms with van der Waals surface area (Å²) in [7, 11) is 1.61. The lowest BCUT2D eigenvalue weighted by atomic mass is 10.0. The lowest BCUT2D eigenvalue weighted by Gasteiger charge is -2.31. The Morgan fingerprint density at radius 1 is 1.15 bits per heavy atom. The minimum atomic E-state index is -0.574. The van der Waals surface area contributed by atoms with Crippen LogP contribution in [0, 0.1) is 0 Å². The molecule has 1 saturated heterocycles. The topological polar surface area (TPSA) is 79.5 Å². The Balaban J connectivity index is 1.65. The zero-order valence-electron chi connectivity index (χ0n) is 14.9. The normalized spacial score (nSPS) is 20.8. The molecule has 2 aromatic rings. The van der Waals surface area contributed by atoms with E-state index >= 15 is 0 Å². The van der Waals surface area contributed by atoms with Gasteiger partial charge in [-0.05, 0) is 30.2 Å². The van der Waals surface area contributed by atoms with Crippen LogP contribution in [0.3, 0.4) is 0 Å². The van der Waals surface area contributed by atoms with Gasteiger partial charge < -0.3 is 15.4 Å². The van der Waals surface area contributed by atoms with Crippen molar-refractivity contribution in [1.82, 2.24) is 16.0 Å². The Bertz CT molecular complexity index is 762. The molecule has 0 bridgehead atoms. The Morgan fingerprint density at radius 2 is 1.85 bits per heavy atom. The maximum absolute atomic E-state index is 12.6. The minimum absolute atomic E-state index is 0.116. The van der Waals surface area contributed by atoms with Crippen LogP contribution in [0.15, 0.2) is 54.6 Å². The van der Waals surface area contributed by atoms with E-state index in [0.717, 1.165) is 16.9 Å². The van der Waals surface area contributed by atoms with Gasteiger partial charge in [0.15, 0.2) is 0 Å². The number of methoxy groups -OCH3 is 1. The third-order valence-corrected chi connectivity index (χ3v) is 4.49. The van der Waals surface area contributed by atoms with Crippen LogP contribution in [-0.4, -0.2) is 25.0 Å². The van der Waals surface area contributed by atoms with Gasteiger partial charge in [0.2, 0.25) is 11.8 Å². The first-order valence-electron chi connectivity index (χ1n) is 8.61. The van der Waals surface area contributed by atoms with Gasteiger partial charge in [0.1, 0.15) is 11.9 Å². The average Bonchev–Trinajstić information content (AvgIpc) is 2.68. The molecule has 3 atom stereocenters. The van der Waals surface area contributed by atoms with E-state index in [1.54, 1.807) is 7.11 Å². The van der Waals surface area contributed by atoms with Crippen molar-refractivity contribution in [1.29, 1.82) is 0 Å². The van der Waals surface area contributed by atoms with E-state index in [1.165, 1.54) is 0 Å². The van der Waals surface area contributed by atoms with Crippen LogP contribution in [0.25, 0.3) is 0 Å². The third-order valence-electron chi connectivity index (χ3n) is 4.49. The van der Waals surface area contributed by atoms with Crippen molar-refractivity contribution in [3.8, 4) is 5.75 Å². The molecule has 2 amide bonds. The van der Waals surface area contributed by atoms with E-state index < -0.39 is 6.04 Å². The van der Waals surface area contributed by atoms with E-state index in [0.29, 0.717) is 0 Å². The highest BCUT2D eigenvalue weighted by Gasteiger charge is 2.31. The molecule has 6 heteroatoms. The van der Waals surface area contributed by atoms with Crippen LogP contribution < -0.4 is 20.7 Å². The van der Waals surface area contributed by atoms with Crippen LogP contribution >= 0.6 is 0 Å². The molecule has 1 aliphatic heterocycles. The van der Waals surface area contributed by atoms with Crippen LogP contribution in [0.1, 0.15) is 36.7 Å². The van der Waals surface area contributed by atoms with Gasteiger partial charge in [0, 0.05) is 0 Å². The molecule has 1 heterocycles. The van der Waals surface area contributed by atoms with Crippen molar-refractivity contribution in [2.45, 2.75) is 31.6 Å². The SMILES string of the molecule is COc1ccc([C@@H](C)NC(=O)C2CC(=O)NC(c3ccccc3)N2)cc1. The Hall–Kier alpha value is -2.86. The average molecular weight is 353 g/mol. The van der Waals surface area contributed by atoms with Gasteiger partial charge >= 0.3 is 0 Å². The zero-order chi connectivity index (χ0) is 18.5. The summed E-state index contributed by atoms with van der Waals surface area (Å²) in [6, 6.07) is 16.3. The third kappa shape index (κ3) is 4.21. The molecule has 2 unspecified atom stereocenters. The van der Waals surface area contributed by atoms with Crippen LogP contribution in [0.5, 0.6) is 5.75 Å². The molecule has 6 nitrogen and oxygen atoms in total. The van der Waals surface area contributed by atoms with E-state index in [-0.39, 0.29) is 30.4 Å². The molecule has 0 saturated carbocycles. The van der Waals surface area contributed by atoms with E-state index in [2.05, 4.69) is 16.0 Å². The summed E-state index contributed by atoms with van der Waals surface area (Å²) in [4.78, 5) is 24.7. The largest absolute Gasteiger partial charge is 0.497 e. The Kier molecular flexibility index (Phi) is 5.53. The number of carbonyl (C=O) groups excluding carboxylic acids is 2. The molecule has 1 aliphatic rings. The van der Waals surface area contributed by atoms with Gasteiger partial charge in [-0.25, -0.2) is 0 Å². The molecule has 3 N–H and O–H groups in total. The minimum Gasteiger partial charge on any atom is -0.497 e. The summed E-state index contributed by atoms with van der Waals surface area (Å²) >= 11 is 0. The highest BCUT2D eigenvalue weighted by Crippen LogP contribution is 2.19. The fourth-order valence-electron chi connectivity index (χ4n) is 2.99. The fraction of sp³-hybridized carbons (Fsp3) is 0.300. The number of nitrogens with one attached hydrogen (secondary N) is 3. The van der Waals surface area contributed by atoms with Gasteiger partial charge in [-0.15, -0.1) is 0 Å². The van der Waals surface area contributed by atoms with Crippen molar-refractivity contribution in [2.24, 2.45) is 0 Å². The van der Waals surface area contributed by atoms with Crippen molar-refractivity contribution in [2.75, 3.05) is 7.11 Å². The second kappa shape index (κ2) is 8.01.